The fourth-order valence-corrected chi connectivity index (χ4v) is 3.21. The number of nitrogens with one attached hydrogen (secondary N) is 1. The fourth-order valence-electron chi connectivity index (χ4n) is 3.21. The smallest absolute Gasteiger partial charge is 0.339 e. The Bertz CT molecular complexity index is 787. The van der Waals surface area contributed by atoms with Crippen molar-refractivity contribution in [2.24, 2.45) is 0 Å². The molecule has 0 radical (unpaired) electrons. The van der Waals surface area contributed by atoms with E-state index >= 15 is 0 Å². The van der Waals surface area contributed by atoms with E-state index in [0.29, 0.717) is 12.4 Å². The molecule has 4 rings (SSSR count). The van der Waals surface area contributed by atoms with E-state index in [0.717, 1.165) is 38.4 Å². The second-order valence-corrected chi connectivity index (χ2v) is 6.75. The van der Waals surface area contributed by atoms with Gasteiger partial charge in [-0.2, -0.15) is 18.2 Å². The van der Waals surface area contributed by atoms with Crippen molar-refractivity contribution in [1.29, 1.82) is 0 Å². The lowest BCUT2D eigenvalue weighted by atomic mass is 9.98. The summed E-state index contributed by atoms with van der Waals surface area (Å²) < 4.78 is 45.1. The highest BCUT2D eigenvalue weighted by Gasteiger charge is 2.36. The maximum Gasteiger partial charge on any atom is 0.433 e. The number of nitrogens with zero attached hydrogens (tertiary/aromatic N) is 5. The molecule has 0 bridgehead atoms. The maximum atomic E-state index is 13.3. The zero-order valence-electron chi connectivity index (χ0n) is 14.3. The van der Waals surface area contributed by atoms with Gasteiger partial charge in [-0.05, 0) is 45.3 Å². The second-order valence-electron chi connectivity index (χ2n) is 6.75. The van der Waals surface area contributed by atoms with Crippen LogP contribution in [0.15, 0.2) is 10.6 Å². The van der Waals surface area contributed by atoms with Gasteiger partial charge < -0.3 is 14.7 Å². The van der Waals surface area contributed by atoms with E-state index in [4.69, 9.17) is 4.52 Å². The largest absolute Gasteiger partial charge is 0.433 e. The number of halogens is 3. The van der Waals surface area contributed by atoms with E-state index in [1.807, 2.05) is 6.92 Å². The minimum absolute atomic E-state index is 0.0327. The molecule has 2 aliphatic rings. The Morgan fingerprint density at radius 2 is 1.92 bits per heavy atom. The molecule has 2 aromatic rings. The van der Waals surface area contributed by atoms with Crippen molar-refractivity contribution in [2.45, 2.75) is 44.3 Å². The number of hydrogen-bond acceptors (Lipinski definition) is 7. The van der Waals surface area contributed by atoms with Crippen LogP contribution in [0.1, 0.15) is 43.7 Å². The van der Waals surface area contributed by atoms with Crippen molar-refractivity contribution in [1.82, 2.24) is 25.4 Å². The van der Waals surface area contributed by atoms with Crippen molar-refractivity contribution in [2.75, 3.05) is 24.5 Å². The molecule has 2 aliphatic heterocycles. The lowest BCUT2D eigenvalue weighted by Crippen LogP contribution is -2.47. The van der Waals surface area contributed by atoms with Crippen LogP contribution in [0.5, 0.6) is 0 Å². The average Bonchev–Trinajstić information content (AvgIpc) is 3.10. The highest BCUT2D eigenvalue weighted by Crippen LogP contribution is 2.33. The van der Waals surface area contributed by atoms with Crippen molar-refractivity contribution in [3.63, 3.8) is 0 Å². The molecule has 0 spiro atoms. The van der Waals surface area contributed by atoms with Crippen LogP contribution < -0.4 is 10.2 Å². The van der Waals surface area contributed by atoms with Crippen LogP contribution in [-0.2, 0) is 6.18 Å². The topological polar surface area (TPSA) is 80.0 Å². The predicted octanol–water partition coefficient (Wildman–Crippen LogP) is 2.61. The quantitative estimate of drug-likeness (QED) is 0.892. The molecule has 1 N–H and O–H groups in total. The highest BCUT2D eigenvalue weighted by molar-refractivity contribution is 5.53. The van der Waals surface area contributed by atoms with Crippen molar-refractivity contribution < 1.29 is 17.7 Å². The molecule has 0 aromatic carbocycles. The molecule has 10 heteroatoms. The molecule has 140 valence electrons. The van der Waals surface area contributed by atoms with Gasteiger partial charge in [-0.1, -0.05) is 5.16 Å². The van der Waals surface area contributed by atoms with Gasteiger partial charge >= 0.3 is 6.18 Å². The summed E-state index contributed by atoms with van der Waals surface area (Å²) in [4.78, 5) is 14.0. The van der Waals surface area contributed by atoms with Crippen LogP contribution in [0.25, 0.3) is 11.5 Å². The first-order valence-electron chi connectivity index (χ1n) is 8.69. The molecule has 0 amide bonds. The van der Waals surface area contributed by atoms with Gasteiger partial charge in [-0.25, -0.2) is 9.97 Å². The van der Waals surface area contributed by atoms with Gasteiger partial charge in [-0.15, -0.1) is 0 Å². The Morgan fingerprint density at radius 1 is 1.15 bits per heavy atom. The van der Waals surface area contributed by atoms with E-state index < -0.39 is 11.9 Å². The molecular weight excluding hydrogens is 349 g/mol. The van der Waals surface area contributed by atoms with Gasteiger partial charge in [0.25, 0.3) is 0 Å². The van der Waals surface area contributed by atoms with E-state index in [9.17, 15) is 13.2 Å². The summed E-state index contributed by atoms with van der Waals surface area (Å²) in [6.07, 6.45) is -1.95. The summed E-state index contributed by atoms with van der Waals surface area (Å²) in [7, 11) is 0. The normalized spacial score (nSPS) is 21.7. The van der Waals surface area contributed by atoms with Crippen LogP contribution in [0.2, 0.25) is 0 Å². The standard InChI is InChI=1S/C16H19F3N6O/c1-9-4-7-25(9)15-21-11(8-12(22-15)16(17,18)19)13-23-14(26-24-13)10-2-5-20-6-3-10/h8-10,20H,2-7H2,1H3/t9-/m0/s1. The highest BCUT2D eigenvalue weighted by atomic mass is 19.4. The fraction of sp³-hybridized carbons (Fsp3) is 0.625. The van der Waals surface area contributed by atoms with Crippen LogP contribution in [0, 0.1) is 0 Å². The van der Waals surface area contributed by atoms with Gasteiger partial charge in [-0.3, -0.25) is 0 Å². The molecule has 0 saturated carbocycles. The summed E-state index contributed by atoms with van der Waals surface area (Å²) in [5.74, 6) is 0.700. The minimum atomic E-state index is -4.57. The Hall–Kier alpha value is -2.23. The first-order valence-corrected chi connectivity index (χ1v) is 8.69. The van der Waals surface area contributed by atoms with Crippen molar-refractivity contribution in [3.05, 3.63) is 17.7 Å². The predicted molar refractivity (Wildman–Crippen MR) is 86.6 cm³/mol. The number of piperidine rings is 1. The molecule has 2 fully saturated rings. The molecule has 26 heavy (non-hydrogen) atoms. The molecule has 2 aromatic heterocycles. The Labute approximate surface area is 148 Å². The van der Waals surface area contributed by atoms with Crippen molar-refractivity contribution >= 4 is 5.95 Å². The maximum absolute atomic E-state index is 13.3. The lowest BCUT2D eigenvalue weighted by Gasteiger charge is -2.38. The Kier molecular flexibility index (Phi) is 4.29. The number of aromatic nitrogens is 4. The van der Waals surface area contributed by atoms with E-state index in [1.165, 1.54) is 0 Å². The number of anilines is 1. The molecule has 7 nitrogen and oxygen atoms in total. The van der Waals surface area contributed by atoms with Crippen LogP contribution in [-0.4, -0.2) is 45.8 Å². The Balaban J connectivity index is 1.69. The lowest BCUT2D eigenvalue weighted by molar-refractivity contribution is -0.141. The summed E-state index contributed by atoms with van der Waals surface area (Å²) in [6, 6.07) is 0.993. The van der Waals surface area contributed by atoms with Crippen LogP contribution in [0.3, 0.4) is 0 Å². The zero-order chi connectivity index (χ0) is 18.3. The van der Waals surface area contributed by atoms with Gasteiger partial charge in [0.05, 0.1) is 0 Å². The number of alkyl halides is 3. The van der Waals surface area contributed by atoms with Gasteiger partial charge in [0.1, 0.15) is 5.69 Å². The minimum Gasteiger partial charge on any atom is -0.339 e. The summed E-state index contributed by atoms with van der Waals surface area (Å²) in [5, 5.41) is 7.11. The molecule has 2 saturated heterocycles. The molecule has 4 heterocycles. The van der Waals surface area contributed by atoms with Gasteiger partial charge in [0.2, 0.25) is 17.7 Å². The first kappa shape index (κ1) is 17.2. The zero-order valence-corrected chi connectivity index (χ0v) is 14.3. The number of rotatable bonds is 3. The summed E-state index contributed by atoms with van der Waals surface area (Å²) in [6.45, 7) is 4.26. The van der Waals surface area contributed by atoms with Crippen LogP contribution >= 0.6 is 0 Å². The second kappa shape index (κ2) is 6.49. The first-order chi connectivity index (χ1) is 12.4. The third-order valence-corrected chi connectivity index (χ3v) is 4.94. The third kappa shape index (κ3) is 3.25. The van der Waals surface area contributed by atoms with Gasteiger partial charge in [0, 0.05) is 18.5 Å². The van der Waals surface area contributed by atoms with Crippen LogP contribution in [0.4, 0.5) is 19.1 Å². The van der Waals surface area contributed by atoms with E-state index in [2.05, 4.69) is 25.4 Å². The van der Waals surface area contributed by atoms with Gasteiger partial charge in [0.15, 0.2) is 5.69 Å². The Morgan fingerprint density at radius 3 is 2.54 bits per heavy atom. The molecule has 0 unspecified atom stereocenters. The number of hydrogen-bond donors (Lipinski definition) is 1. The van der Waals surface area contributed by atoms with E-state index in [1.54, 1.807) is 4.90 Å². The monoisotopic (exact) mass is 368 g/mol. The molecule has 1 atom stereocenters. The third-order valence-electron chi connectivity index (χ3n) is 4.94. The average molecular weight is 368 g/mol. The molecule has 0 aliphatic carbocycles. The summed E-state index contributed by atoms with van der Waals surface area (Å²) >= 11 is 0. The SMILES string of the molecule is C[C@H]1CCN1c1nc(-c2noc(C3CCNCC3)n2)cc(C(F)(F)F)n1. The molecular formula is C16H19F3N6O. The van der Waals surface area contributed by atoms with Crippen molar-refractivity contribution in [3.8, 4) is 11.5 Å². The van der Waals surface area contributed by atoms with E-state index in [-0.39, 0.29) is 29.4 Å². The summed E-state index contributed by atoms with van der Waals surface area (Å²) in [5.41, 5.74) is -0.963.